The SMILES string of the molecule is CCNC(=NCc1cccc(C(N)=O)c1)NCC(C)(C)c1ccccc1.I. The lowest BCUT2D eigenvalue weighted by atomic mass is 9.85. The van der Waals surface area contributed by atoms with Crippen LogP contribution in [0.2, 0.25) is 0 Å². The molecule has 0 spiro atoms. The molecule has 2 aromatic carbocycles. The lowest BCUT2D eigenvalue weighted by molar-refractivity contribution is 0.1000. The number of rotatable bonds is 7. The molecule has 0 aliphatic rings. The molecule has 2 rings (SSSR count). The van der Waals surface area contributed by atoms with Crippen molar-refractivity contribution >= 4 is 35.8 Å². The van der Waals surface area contributed by atoms with Crippen molar-refractivity contribution in [2.24, 2.45) is 10.7 Å². The zero-order valence-corrected chi connectivity index (χ0v) is 18.5. The number of amides is 1. The largest absolute Gasteiger partial charge is 0.366 e. The Morgan fingerprint density at radius 1 is 1.07 bits per heavy atom. The van der Waals surface area contributed by atoms with Gasteiger partial charge in [-0.3, -0.25) is 4.79 Å². The van der Waals surface area contributed by atoms with E-state index in [1.54, 1.807) is 12.1 Å². The summed E-state index contributed by atoms with van der Waals surface area (Å²) in [5, 5.41) is 6.68. The fourth-order valence-electron chi connectivity index (χ4n) is 2.63. The summed E-state index contributed by atoms with van der Waals surface area (Å²) in [6, 6.07) is 17.7. The average Bonchev–Trinajstić information content (AvgIpc) is 2.65. The van der Waals surface area contributed by atoms with Gasteiger partial charge in [-0.1, -0.05) is 56.3 Å². The Bertz CT molecular complexity index is 760. The zero-order chi connectivity index (χ0) is 19.0. The first kappa shape index (κ1) is 23.0. The Hall–Kier alpha value is -2.09. The topological polar surface area (TPSA) is 79.5 Å². The number of aliphatic imine (C=N–C) groups is 1. The second-order valence-electron chi connectivity index (χ2n) is 6.86. The summed E-state index contributed by atoms with van der Waals surface area (Å²) < 4.78 is 0. The monoisotopic (exact) mass is 480 g/mol. The number of hydrogen-bond acceptors (Lipinski definition) is 2. The molecule has 146 valence electrons. The number of halogens is 1. The van der Waals surface area contributed by atoms with Crippen LogP contribution >= 0.6 is 24.0 Å². The fourth-order valence-corrected chi connectivity index (χ4v) is 2.63. The molecule has 6 heteroatoms. The highest BCUT2D eigenvalue weighted by Gasteiger charge is 2.20. The molecule has 0 aliphatic heterocycles. The predicted octanol–water partition coefficient (Wildman–Crippen LogP) is 3.44. The first-order valence-electron chi connectivity index (χ1n) is 8.89. The fraction of sp³-hybridized carbons (Fsp3) is 0.333. The third-order valence-corrected chi connectivity index (χ3v) is 4.23. The van der Waals surface area contributed by atoms with Crippen molar-refractivity contribution < 1.29 is 4.79 Å². The molecule has 0 saturated carbocycles. The minimum Gasteiger partial charge on any atom is -0.366 e. The van der Waals surface area contributed by atoms with Gasteiger partial charge in [0.15, 0.2) is 5.96 Å². The van der Waals surface area contributed by atoms with Gasteiger partial charge in [-0.25, -0.2) is 4.99 Å². The first-order valence-corrected chi connectivity index (χ1v) is 8.89. The van der Waals surface area contributed by atoms with E-state index < -0.39 is 5.91 Å². The lowest BCUT2D eigenvalue weighted by Gasteiger charge is -2.26. The van der Waals surface area contributed by atoms with E-state index in [2.05, 4.69) is 53.7 Å². The van der Waals surface area contributed by atoms with Gasteiger partial charge in [-0.15, -0.1) is 24.0 Å². The van der Waals surface area contributed by atoms with Crippen LogP contribution in [-0.4, -0.2) is 25.0 Å². The van der Waals surface area contributed by atoms with Gasteiger partial charge < -0.3 is 16.4 Å². The molecule has 1 amide bonds. The van der Waals surface area contributed by atoms with Gasteiger partial charge in [-0.2, -0.15) is 0 Å². The van der Waals surface area contributed by atoms with Crippen LogP contribution in [0.5, 0.6) is 0 Å². The van der Waals surface area contributed by atoms with Crippen LogP contribution in [0.25, 0.3) is 0 Å². The standard InChI is InChI=1S/C21H28N4O.HI/c1-4-23-20(24-14-16-9-8-10-17(13-16)19(22)26)25-15-21(2,3)18-11-6-5-7-12-18;/h5-13H,4,14-15H2,1-3H3,(H2,22,26)(H2,23,24,25);1H. The van der Waals surface area contributed by atoms with Crippen molar-refractivity contribution in [1.29, 1.82) is 0 Å². The minimum atomic E-state index is -0.425. The van der Waals surface area contributed by atoms with Crippen LogP contribution in [0, 0.1) is 0 Å². The highest BCUT2D eigenvalue weighted by Crippen LogP contribution is 2.21. The molecular weight excluding hydrogens is 451 g/mol. The van der Waals surface area contributed by atoms with E-state index in [1.165, 1.54) is 5.56 Å². The van der Waals surface area contributed by atoms with Crippen molar-refractivity contribution in [3.05, 3.63) is 71.3 Å². The van der Waals surface area contributed by atoms with Gasteiger partial charge in [0.1, 0.15) is 0 Å². The van der Waals surface area contributed by atoms with E-state index >= 15 is 0 Å². The number of nitrogens with two attached hydrogens (primary N) is 1. The van der Waals surface area contributed by atoms with Crippen LogP contribution in [0.15, 0.2) is 59.6 Å². The lowest BCUT2D eigenvalue weighted by Crippen LogP contribution is -2.43. The second-order valence-corrected chi connectivity index (χ2v) is 6.86. The molecule has 0 saturated heterocycles. The molecule has 0 radical (unpaired) electrons. The maximum absolute atomic E-state index is 11.3. The molecule has 0 unspecified atom stereocenters. The molecular formula is C21H29IN4O. The van der Waals surface area contributed by atoms with Crippen LogP contribution in [0.1, 0.15) is 42.3 Å². The van der Waals surface area contributed by atoms with Crippen molar-refractivity contribution in [1.82, 2.24) is 10.6 Å². The van der Waals surface area contributed by atoms with Crippen LogP contribution in [0.4, 0.5) is 0 Å². The van der Waals surface area contributed by atoms with Crippen molar-refractivity contribution in [2.45, 2.75) is 32.7 Å². The molecule has 0 bridgehead atoms. The van der Waals surface area contributed by atoms with Gasteiger partial charge in [-0.05, 0) is 30.2 Å². The van der Waals surface area contributed by atoms with E-state index in [9.17, 15) is 4.79 Å². The summed E-state index contributed by atoms with van der Waals surface area (Å²) in [5.41, 5.74) is 8.03. The number of nitrogens with one attached hydrogen (secondary N) is 2. The van der Waals surface area contributed by atoms with Gasteiger partial charge in [0.25, 0.3) is 0 Å². The first-order chi connectivity index (χ1) is 12.4. The van der Waals surface area contributed by atoms with E-state index in [4.69, 9.17) is 5.73 Å². The van der Waals surface area contributed by atoms with Gasteiger partial charge in [0, 0.05) is 24.1 Å². The second kappa shape index (κ2) is 10.9. The summed E-state index contributed by atoms with van der Waals surface area (Å²) in [6.45, 7) is 8.45. The number of hydrogen-bond donors (Lipinski definition) is 3. The molecule has 2 aromatic rings. The Morgan fingerprint density at radius 3 is 2.41 bits per heavy atom. The molecule has 0 fully saturated rings. The van der Waals surface area contributed by atoms with Crippen molar-refractivity contribution in [3.63, 3.8) is 0 Å². The van der Waals surface area contributed by atoms with Crippen LogP contribution in [-0.2, 0) is 12.0 Å². The molecule has 4 N–H and O–H groups in total. The smallest absolute Gasteiger partial charge is 0.248 e. The molecule has 0 atom stereocenters. The number of benzene rings is 2. The number of carbonyl (C=O) groups is 1. The van der Waals surface area contributed by atoms with E-state index in [1.807, 2.05) is 25.1 Å². The minimum absolute atomic E-state index is 0. The van der Waals surface area contributed by atoms with Crippen molar-refractivity contribution in [3.8, 4) is 0 Å². The van der Waals surface area contributed by atoms with E-state index in [-0.39, 0.29) is 29.4 Å². The molecule has 0 aromatic heterocycles. The molecule has 5 nitrogen and oxygen atoms in total. The maximum Gasteiger partial charge on any atom is 0.248 e. The summed E-state index contributed by atoms with van der Waals surface area (Å²) >= 11 is 0. The number of primary amides is 1. The van der Waals surface area contributed by atoms with Gasteiger partial charge in [0.05, 0.1) is 6.54 Å². The van der Waals surface area contributed by atoms with Crippen LogP contribution in [0.3, 0.4) is 0 Å². The summed E-state index contributed by atoms with van der Waals surface area (Å²) in [7, 11) is 0. The Labute approximate surface area is 178 Å². The maximum atomic E-state index is 11.3. The van der Waals surface area contributed by atoms with Crippen LogP contribution < -0.4 is 16.4 Å². The van der Waals surface area contributed by atoms with Crippen molar-refractivity contribution in [2.75, 3.05) is 13.1 Å². The van der Waals surface area contributed by atoms with Gasteiger partial charge in [0.2, 0.25) is 5.91 Å². The Balaban J connectivity index is 0.00000364. The van der Waals surface area contributed by atoms with E-state index in [0.717, 1.165) is 24.6 Å². The Morgan fingerprint density at radius 2 is 1.78 bits per heavy atom. The summed E-state index contributed by atoms with van der Waals surface area (Å²) in [4.78, 5) is 15.9. The average molecular weight is 480 g/mol. The summed E-state index contributed by atoms with van der Waals surface area (Å²) in [6.07, 6.45) is 0. The zero-order valence-electron chi connectivity index (χ0n) is 16.2. The van der Waals surface area contributed by atoms with Gasteiger partial charge >= 0.3 is 0 Å². The normalized spacial score (nSPS) is 11.4. The molecule has 0 aliphatic carbocycles. The third kappa shape index (κ3) is 7.21. The summed E-state index contributed by atoms with van der Waals surface area (Å²) in [5.74, 6) is 0.325. The number of nitrogens with zero attached hydrogens (tertiary/aromatic N) is 1. The highest BCUT2D eigenvalue weighted by molar-refractivity contribution is 14.0. The number of carbonyl (C=O) groups excluding carboxylic acids is 1. The van der Waals surface area contributed by atoms with E-state index in [0.29, 0.717) is 12.1 Å². The quantitative estimate of drug-likeness (QED) is 0.323. The highest BCUT2D eigenvalue weighted by atomic mass is 127. The Kier molecular flexibility index (Phi) is 9.28. The third-order valence-electron chi connectivity index (χ3n) is 4.23. The predicted molar refractivity (Wildman–Crippen MR) is 123 cm³/mol. The molecule has 0 heterocycles. The number of guanidine groups is 1. The molecule has 27 heavy (non-hydrogen) atoms.